The predicted molar refractivity (Wildman–Crippen MR) is 100 cm³/mol. The van der Waals surface area contributed by atoms with Crippen molar-refractivity contribution in [2.75, 3.05) is 7.05 Å². The van der Waals surface area contributed by atoms with Crippen LogP contribution in [0.5, 0.6) is 0 Å². The number of benzene rings is 2. The largest absolute Gasteiger partial charge is 0.459 e. The molecule has 5 nitrogen and oxygen atoms in total. The number of aliphatic imine (C=N–C) groups is 1. The van der Waals surface area contributed by atoms with E-state index in [1.54, 1.807) is 19.2 Å². The van der Waals surface area contributed by atoms with Crippen molar-refractivity contribution in [1.82, 2.24) is 10.6 Å². The second-order valence-corrected chi connectivity index (χ2v) is 6.06. The zero-order valence-electron chi connectivity index (χ0n) is 14.8. The predicted octanol–water partition coefficient (Wildman–Crippen LogP) is 3.49. The van der Waals surface area contributed by atoms with Crippen LogP contribution in [0, 0.1) is 5.82 Å². The summed E-state index contributed by atoms with van der Waals surface area (Å²) in [7, 11) is 1.69. The van der Waals surface area contributed by atoms with Gasteiger partial charge in [0, 0.05) is 24.5 Å². The number of fused-ring (bicyclic) bond motifs is 1. The van der Waals surface area contributed by atoms with E-state index in [0.717, 1.165) is 22.3 Å². The molecular weight excluding hydrogens is 333 g/mol. The Labute approximate surface area is 151 Å². The smallest absolute Gasteiger partial charge is 0.191 e. The molecule has 2 aromatic carbocycles. The SMILES string of the molecule is CN=C(NCc1ccc(F)c(CO)c1)NC(C)c1cc2ccccc2o1. The summed E-state index contributed by atoms with van der Waals surface area (Å²) in [4.78, 5) is 4.21. The van der Waals surface area contributed by atoms with Crippen LogP contribution in [-0.2, 0) is 13.2 Å². The number of hydrogen-bond donors (Lipinski definition) is 3. The van der Waals surface area contributed by atoms with Gasteiger partial charge in [0.05, 0.1) is 12.6 Å². The lowest BCUT2D eigenvalue weighted by Crippen LogP contribution is -2.38. The molecule has 0 amide bonds. The van der Waals surface area contributed by atoms with Gasteiger partial charge >= 0.3 is 0 Å². The topological polar surface area (TPSA) is 69.8 Å². The summed E-state index contributed by atoms with van der Waals surface area (Å²) in [5.41, 5.74) is 1.99. The minimum Gasteiger partial charge on any atom is -0.459 e. The molecule has 0 bridgehead atoms. The van der Waals surface area contributed by atoms with Gasteiger partial charge in [0.15, 0.2) is 5.96 Å². The number of furan rings is 1. The van der Waals surface area contributed by atoms with Crippen LogP contribution in [-0.4, -0.2) is 18.1 Å². The Balaban J connectivity index is 1.64. The molecule has 0 radical (unpaired) electrons. The van der Waals surface area contributed by atoms with Gasteiger partial charge < -0.3 is 20.2 Å². The van der Waals surface area contributed by atoms with Crippen molar-refractivity contribution in [3.05, 3.63) is 71.2 Å². The van der Waals surface area contributed by atoms with E-state index in [0.29, 0.717) is 12.5 Å². The van der Waals surface area contributed by atoms with Crippen molar-refractivity contribution >= 4 is 16.9 Å². The van der Waals surface area contributed by atoms with Gasteiger partial charge in [-0.05, 0) is 36.8 Å². The summed E-state index contributed by atoms with van der Waals surface area (Å²) in [5, 5.41) is 16.7. The lowest BCUT2D eigenvalue weighted by atomic mass is 10.1. The molecule has 3 aromatic rings. The number of halogens is 1. The molecule has 0 aliphatic rings. The van der Waals surface area contributed by atoms with E-state index in [9.17, 15) is 4.39 Å². The third-order valence-electron chi connectivity index (χ3n) is 4.19. The maximum absolute atomic E-state index is 13.5. The van der Waals surface area contributed by atoms with Crippen molar-refractivity contribution in [3.8, 4) is 0 Å². The zero-order valence-corrected chi connectivity index (χ0v) is 14.8. The molecular formula is C20H22FN3O2. The average Bonchev–Trinajstić information content (AvgIpc) is 3.10. The Hall–Kier alpha value is -2.86. The van der Waals surface area contributed by atoms with E-state index < -0.39 is 5.82 Å². The first kappa shape index (κ1) is 17.9. The van der Waals surface area contributed by atoms with Crippen molar-refractivity contribution in [3.63, 3.8) is 0 Å². The highest BCUT2D eigenvalue weighted by Gasteiger charge is 2.13. The third-order valence-corrected chi connectivity index (χ3v) is 4.19. The molecule has 0 fully saturated rings. The molecule has 1 unspecified atom stereocenters. The van der Waals surface area contributed by atoms with E-state index in [1.165, 1.54) is 6.07 Å². The minimum absolute atomic E-state index is 0.0742. The van der Waals surface area contributed by atoms with E-state index in [-0.39, 0.29) is 18.2 Å². The van der Waals surface area contributed by atoms with Gasteiger partial charge in [-0.3, -0.25) is 4.99 Å². The molecule has 136 valence electrons. The average molecular weight is 355 g/mol. The fourth-order valence-electron chi connectivity index (χ4n) is 2.73. The second kappa shape index (κ2) is 8.01. The first-order chi connectivity index (χ1) is 12.6. The van der Waals surface area contributed by atoms with Crippen LogP contribution in [0.4, 0.5) is 4.39 Å². The number of hydrogen-bond acceptors (Lipinski definition) is 3. The molecule has 1 atom stereocenters. The number of aliphatic hydroxyl groups is 1. The van der Waals surface area contributed by atoms with Crippen molar-refractivity contribution < 1.29 is 13.9 Å². The van der Waals surface area contributed by atoms with Gasteiger partial charge in [0.1, 0.15) is 17.2 Å². The number of aliphatic hydroxyl groups excluding tert-OH is 1. The van der Waals surface area contributed by atoms with Crippen LogP contribution in [0.3, 0.4) is 0 Å². The highest BCUT2D eigenvalue weighted by atomic mass is 19.1. The van der Waals surface area contributed by atoms with Crippen LogP contribution < -0.4 is 10.6 Å². The Morgan fingerprint density at radius 1 is 1.23 bits per heavy atom. The molecule has 0 aliphatic heterocycles. The molecule has 26 heavy (non-hydrogen) atoms. The molecule has 0 saturated carbocycles. The molecule has 6 heteroatoms. The molecule has 3 rings (SSSR count). The highest BCUT2D eigenvalue weighted by molar-refractivity contribution is 5.81. The van der Waals surface area contributed by atoms with E-state index in [2.05, 4.69) is 15.6 Å². The molecule has 3 N–H and O–H groups in total. The lowest BCUT2D eigenvalue weighted by Gasteiger charge is -2.16. The second-order valence-electron chi connectivity index (χ2n) is 6.06. The Morgan fingerprint density at radius 2 is 2.04 bits per heavy atom. The van der Waals surface area contributed by atoms with Crippen LogP contribution in [0.2, 0.25) is 0 Å². The summed E-state index contributed by atoms with van der Waals surface area (Å²) >= 11 is 0. The number of rotatable bonds is 5. The maximum Gasteiger partial charge on any atom is 0.191 e. The summed E-state index contributed by atoms with van der Waals surface area (Å²) in [6.45, 7) is 2.13. The molecule has 0 aliphatic carbocycles. The van der Waals surface area contributed by atoms with Gasteiger partial charge in [0.25, 0.3) is 0 Å². The number of guanidine groups is 1. The third kappa shape index (κ3) is 4.03. The monoisotopic (exact) mass is 355 g/mol. The molecule has 0 saturated heterocycles. The zero-order chi connectivity index (χ0) is 18.5. The van der Waals surface area contributed by atoms with Crippen LogP contribution in [0.1, 0.15) is 29.9 Å². The fraction of sp³-hybridized carbons (Fsp3) is 0.250. The summed E-state index contributed by atoms with van der Waals surface area (Å²) in [5.74, 6) is 1.02. The van der Waals surface area contributed by atoms with E-state index in [4.69, 9.17) is 9.52 Å². The number of nitrogens with one attached hydrogen (secondary N) is 2. The molecule has 1 heterocycles. The van der Waals surface area contributed by atoms with E-state index >= 15 is 0 Å². The van der Waals surface area contributed by atoms with Crippen molar-refractivity contribution in [2.45, 2.75) is 26.1 Å². The van der Waals surface area contributed by atoms with Gasteiger partial charge in [-0.25, -0.2) is 4.39 Å². The Kier molecular flexibility index (Phi) is 5.53. The Morgan fingerprint density at radius 3 is 2.77 bits per heavy atom. The van der Waals surface area contributed by atoms with Crippen molar-refractivity contribution in [2.24, 2.45) is 4.99 Å². The van der Waals surface area contributed by atoms with Crippen LogP contribution in [0.25, 0.3) is 11.0 Å². The number of nitrogens with zero attached hydrogens (tertiary/aromatic N) is 1. The quantitative estimate of drug-likeness (QED) is 0.484. The van der Waals surface area contributed by atoms with Crippen molar-refractivity contribution in [1.29, 1.82) is 0 Å². The standard InChI is InChI=1S/C20H22FN3O2/c1-13(19-10-15-5-3-4-6-18(15)26-19)24-20(22-2)23-11-14-7-8-17(21)16(9-14)12-25/h3-10,13,25H,11-12H2,1-2H3,(H2,22,23,24). The molecule has 1 aromatic heterocycles. The van der Waals surface area contributed by atoms with Gasteiger partial charge in [-0.1, -0.05) is 24.3 Å². The number of para-hydroxylation sites is 1. The highest BCUT2D eigenvalue weighted by Crippen LogP contribution is 2.23. The van der Waals surface area contributed by atoms with Crippen LogP contribution in [0.15, 0.2) is 57.9 Å². The summed E-state index contributed by atoms with van der Waals surface area (Å²) < 4.78 is 19.3. The summed E-state index contributed by atoms with van der Waals surface area (Å²) in [6, 6.07) is 14.5. The molecule has 0 spiro atoms. The Bertz CT molecular complexity index is 887. The fourth-order valence-corrected chi connectivity index (χ4v) is 2.73. The van der Waals surface area contributed by atoms with Gasteiger partial charge in [-0.15, -0.1) is 0 Å². The summed E-state index contributed by atoms with van der Waals surface area (Å²) in [6.07, 6.45) is 0. The first-order valence-electron chi connectivity index (χ1n) is 8.44. The lowest BCUT2D eigenvalue weighted by molar-refractivity contribution is 0.275. The van der Waals surface area contributed by atoms with Crippen LogP contribution >= 0.6 is 0 Å². The first-order valence-corrected chi connectivity index (χ1v) is 8.44. The normalized spacial score (nSPS) is 13.0. The van der Waals surface area contributed by atoms with Gasteiger partial charge in [-0.2, -0.15) is 0 Å². The van der Waals surface area contributed by atoms with E-state index in [1.807, 2.05) is 37.3 Å². The maximum atomic E-state index is 13.5. The van der Waals surface area contributed by atoms with Gasteiger partial charge in [0.2, 0.25) is 0 Å². The minimum atomic E-state index is -0.405.